The summed E-state index contributed by atoms with van der Waals surface area (Å²) in [5, 5.41) is 8.40. The lowest BCUT2D eigenvalue weighted by atomic mass is 10.1. The maximum absolute atomic E-state index is 13.3. The Morgan fingerprint density at radius 3 is 2.26 bits per heavy atom. The predicted octanol–water partition coefficient (Wildman–Crippen LogP) is 1.91. The third-order valence-electron chi connectivity index (χ3n) is 2.59. The minimum atomic E-state index is -3.55. The molecule has 4 nitrogen and oxygen atoms in total. The monoisotopic (exact) mass is 283 g/mol. The van der Waals surface area contributed by atoms with Gasteiger partial charge >= 0.3 is 5.97 Å². The van der Waals surface area contributed by atoms with Gasteiger partial charge in [-0.2, -0.15) is 0 Å². The second-order valence-electron chi connectivity index (χ2n) is 4.31. The van der Waals surface area contributed by atoms with Gasteiger partial charge < -0.3 is 10.0 Å². The zero-order chi connectivity index (χ0) is 14.7. The summed E-state index contributed by atoms with van der Waals surface area (Å²) in [7, 11) is 0. The average molecular weight is 283 g/mol. The molecule has 0 saturated heterocycles. The van der Waals surface area contributed by atoms with Crippen LogP contribution in [0.4, 0.5) is 17.6 Å². The summed E-state index contributed by atoms with van der Waals surface area (Å²) >= 11 is 0. The van der Waals surface area contributed by atoms with Gasteiger partial charge in [-0.1, -0.05) is 0 Å². The standard InChI is InChI=1S/C11H13F4NO3/c12-10(13)3-4-11(14,15)7-16(6-5-10)8(17)1-2-9(18)19/h3-4H,1-2,5-7H2,(H,18,19)/b4-3-. The molecule has 108 valence electrons. The van der Waals surface area contributed by atoms with E-state index in [0.717, 1.165) is 0 Å². The molecular formula is C11H13F4NO3. The van der Waals surface area contributed by atoms with E-state index in [-0.39, 0.29) is 12.2 Å². The maximum atomic E-state index is 13.3. The number of hydrogen-bond acceptors (Lipinski definition) is 2. The number of halogens is 4. The van der Waals surface area contributed by atoms with Crippen LogP contribution in [0.3, 0.4) is 0 Å². The SMILES string of the molecule is O=C(O)CCC(=O)N1CCC(F)(F)/C=C\C(F)(F)C1. The van der Waals surface area contributed by atoms with Crippen molar-refractivity contribution in [3.05, 3.63) is 12.2 Å². The number of nitrogens with zero attached hydrogens (tertiary/aromatic N) is 1. The van der Waals surface area contributed by atoms with Gasteiger partial charge in [-0.05, 0) is 12.2 Å². The number of alkyl halides is 4. The van der Waals surface area contributed by atoms with Crippen molar-refractivity contribution in [1.82, 2.24) is 4.90 Å². The van der Waals surface area contributed by atoms with Crippen molar-refractivity contribution in [1.29, 1.82) is 0 Å². The Balaban J connectivity index is 2.76. The largest absolute Gasteiger partial charge is 0.481 e. The molecule has 0 aromatic rings. The highest BCUT2D eigenvalue weighted by molar-refractivity contribution is 5.80. The van der Waals surface area contributed by atoms with E-state index in [1.54, 1.807) is 0 Å². The van der Waals surface area contributed by atoms with E-state index in [9.17, 15) is 27.2 Å². The number of carbonyl (C=O) groups excluding carboxylic acids is 1. The van der Waals surface area contributed by atoms with Gasteiger partial charge in [-0.15, -0.1) is 0 Å². The number of aliphatic carboxylic acids is 1. The molecule has 0 aromatic heterocycles. The maximum Gasteiger partial charge on any atom is 0.303 e. The molecule has 0 unspecified atom stereocenters. The van der Waals surface area contributed by atoms with Crippen molar-refractivity contribution in [2.24, 2.45) is 0 Å². The van der Waals surface area contributed by atoms with Crippen molar-refractivity contribution >= 4 is 11.9 Å². The Kier molecular flexibility index (Phi) is 4.54. The lowest BCUT2D eigenvalue weighted by molar-refractivity contribution is -0.142. The molecule has 0 spiro atoms. The van der Waals surface area contributed by atoms with Gasteiger partial charge in [-0.3, -0.25) is 9.59 Å². The van der Waals surface area contributed by atoms with E-state index in [2.05, 4.69) is 0 Å². The highest BCUT2D eigenvalue weighted by Crippen LogP contribution is 2.28. The summed E-state index contributed by atoms with van der Waals surface area (Å²) in [6, 6.07) is 0. The van der Waals surface area contributed by atoms with Crippen LogP contribution < -0.4 is 0 Å². The summed E-state index contributed by atoms with van der Waals surface area (Å²) in [4.78, 5) is 22.4. The Morgan fingerprint density at radius 1 is 1.11 bits per heavy atom. The lowest BCUT2D eigenvalue weighted by Crippen LogP contribution is -2.43. The van der Waals surface area contributed by atoms with Crippen LogP contribution in [0.2, 0.25) is 0 Å². The number of amides is 1. The number of carbonyl (C=O) groups is 2. The highest BCUT2D eigenvalue weighted by atomic mass is 19.3. The van der Waals surface area contributed by atoms with Gasteiger partial charge in [-0.25, -0.2) is 17.6 Å². The van der Waals surface area contributed by atoms with Gasteiger partial charge in [0.05, 0.1) is 13.0 Å². The summed E-state index contributed by atoms with van der Waals surface area (Å²) in [5.41, 5.74) is 0. The van der Waals surface area contributed by atoms with Crippen LogP contribution in [0.1, 0.15) is 19.3 Å². The molecule has 0 aromatic carbocycles. The minimum absolute atomic E-state index is 0.0869. The molecule has 0 bridgehead atoms. The Hall–Kier alpha value is -1.60. The second-order valence-corrected chi connectivity index (χ2v) is 4.31. The van der Waals surface area contributed by atoms with Crippen molar-refractivity contribution in [2.45, 2.75) is 31.1 Å². The van der Waals surface area contributed by atoms with E-state index < -0.39 is 56.1 Å². The molecule has 1 heterocycles. The summed E-state index contributed by atoms with van der Waals surface area (Å²) < 4.78 is 52.7. The first-order valence-electron chi connectivity index (χ1n) is 5.57. The highest BCUT2D eigenvalue weighted by Gasteiger charge is 2.37. The molecule has 1 amide bonds. The van der Waals surface area contributed by atoms with Gasteiger partial charge in [0.25, 0.3) is 11.8 Å². The van der Waals surface area contributed by atoms with Crippen molar-refractivity contribution in [3.8, 4) is 0 Å². The van der Waals surface area contributed by atoms with E-state index in [4.69, 9.17) is 5.11 Å². The zero-order valence-electron chi connectivity index (χ0n) is 9.91. The molecule has 8 heteroatoms. The first kappa shape index (κ1) is 15.5. The summed E-state index contributed by atoms with van der Waals surface area (Å²) in [6.45, 7) is -1.55. The van der Waals surface area contributed by atoms with Gasteiger partial charge in [0.2, 0.25) is 5.91 Å². The van der Waals surface area contributed by atoms with Crippen molar-refractivity contribution in [3.63, 3.8) is 0 Å². The molecule has 19 heavy (non-hydrogen) atoms. The summed E-state index contributed by atoms with van der Waals surface area (Å²) in [6.07, 6.45) is -1.54. The fourth-order valence-electron chi connectivity index (χ4n) is 1.58. The third kappa shape index (κ3) is 5.27. The van der Waals surface area contributed by atoms with Crippen LogP contribution >= 0.6 is 0 Å². The predicted molar refractivity (Wildman–Crippen MR) is 57.1 cm³/mol. The fourth-order valence-corrected chi connectivity index (χ4v) is 1.58. The summed E-state index contributed by atoms with van der Waals surface area (Å²) in [5.74, 6) is -9.08. The van der Waals surface area contributed by atoms with Crippen molar-refractivity contribution in [2.75, 3.05) is 13.1 Å². The number of allylic oxidation sites excluding steroid dienone is 1. The first-order chi connectivity index (χ1) is 8.61. The molecule has 1 N–H and O–H groups in total. The molecule has 0 radical (unpaired) electrons. The van der Waals surface area contributed by atoms with Crippen LogP contribution in [-0.2, 0) is 9.59 Å². The van der Waals surface area contributed by atoms with Gasteiger partial charge in [0.15, 0.2) is 0 Å². The van der Waals surface area contributed by atoms with E-state index in [0.29, 0.717) is 4.90 Å². The number of hydrogen-bond donors (Lipinski definition) is 1. The fraction of sp³-hybridized carbons (Fsp3) is 0.636. The van der Waals surface area contributed by atoms with Crippen LogP contribution in [0.15, 0.2) is 12.2 Å². The van der Waals surface area contributed by atoms with Crippen molar-refractivity contribution < 1.29 is 32.3 Å². The lowest BCUT2D eigenvalue weighted by Gasteiger charge is -2.29. The molecule has 1 rings (SSSR count). The first-order valence-corrected chi connectivity index (χ1v) is 5.57. The Morgan fingerprint density at radius 2 is 1.68 bits per heavy atom. The number of carboxylic acids is 1. The quantitative estimate of drug-likeness (QED) is 0.636. The number of rotatable bonds is 3. The van der Waals surface area contributed by atoms with E-state index in [1.807, 2.05) is 0 Å². The van der Waals surface area contributed by atoms with Gasteiger partial charge in [0.1, 0.15) is 0 Å². The molecule has 0 aliphatic carbocycles. The van der Waals surface area contributed by atoms with Crippen LogP contribution in [-0.4, -0.2) is 46.8 Å². The average Bonchev–Trinajstić information content (AvgIpc) is 2.28. The molecule has 0 saturated carbocycles. The second kappa shape index (κ2) is 5.58. The van der Waals surface area contributed by atoms with E-state index >= 15 is 0 Å². The molecular weight excluding hydrogens is 270 g/mol. The molecule has 1 aliphatic rings. The van der Waals surface area contributed by atoms with E-state index in [1.165, 1.54) is 0 Å². The molecule has 0 fully saturated rings. The Labute approximate surface area is 106 Å². The minimum Gasteiger partial charge on any atom is -0.481 e. The Bertz CT molecular complexity index is 395. The number of carboxylic acid groups (broad SMARTS) is 1. The normalized spacial score (nSPS) is 23.3. The molecule has 0 atom stereocenters. The smallest absolute Gasteiger partial charge is 0.303 e. The van der Waals surface area contributed by atoms with Crippen LogP contribution in [0.25, 0.3) is 0 Å². The topological polar surface area (TPSA) is 57.6 Å². The zero-order valence-corrected chi connectivity index (χ0v) is 9.91. The van der Waals surface area contributed by atoms with Gasteiger partial charge in [0, 0.05) is 19.4 Å². The third-order valence-corrected chi connectivity index (χ3v) is 2.59. The van der Waals surface area contributed by atoms with Crippen LogP contribution in [0.5, 0.6) is 0 Å². The molecule has 1 aliphatic heterocycles. The van der Waals surface area contributed by atoms with Crippen LogP contribution in [0, 0.1) is 0 Å².